The Balaban J connectivity index is 2.11. The molecule has 0 aliphatic rings. The number of nitro groups is 1. The van der Waals surface area contributed by atoms with Crippen molar-refractivity contribution in [1.29, 1.82) is 0 Å². The molecule has 0 fully saturated rings. The highest BCUT2D eigenvalue weighted by molar-refractivity contribution is 7.86. The Morgan fingerprint density at radius 2 is 1.67 bits per heavy atom. The molecule has 107 valence electrons. The Labute approximate surface area is 120 Å². The lowest BCUT2D eigenvalue weighted by Gasteiger charge is -2.00. The van der Waals surface area contributed by atoms with Crippen LogP contribution in [0.3, 0.4) is 0 Å². The predicted molar refractivity (Wildman–Crippen MR) is 74.3 cm³/mol. The third-order valence-corrected chi connectivity index (χ3v) is 3.54. The fraction of sp³-hybridized carbons (Fsp3) is 0. The van der Waals surface area contributed by atoms with Gasteiger partial charge in [0, 0.05) is 17.7 Å². The maximum atomic E-state index is 11.8. The second-order valence-electron chi connectivity index (χ2n) is 3.85. The Morgan fingerprint density at radius 1 is 1.05 bits per heavy atom. The molecule has 0 saturated carbocycles. The van der Waals surface area contributed by atoms with E-state index in [9.17, 15) is 18.5 Å². The molecule has 7 nitrogen and oxygen atoms in total. The molecule has 0 unspecified atom stereocenters. The van der Waals surface area contributed by atoms with Crippen LogP contribution < -0.4 is 0 Å². The summed E-state index contributed by atoms with van der Waals surface area (Å²) >= 11 is 0. The first-order chi connectivity index (χ1) is 9.99. The fourth-order valence-electron chi connectivity index (χ4n) is 1.41. The highest BCUT2D eigenvalue weighted by Gasteiger charge is 2.17. The van der Waals surface area contributed by atoms with Crippen LogP contribution in [0.5, 0.6) is 0 Å². The molecule has 21 heavy (non-hydrogen) atoms. The van der Waals surface area contributed by atoms with Gasteiger partial charge in [0.1, 0.15) is 11.1 Å². The zero-order valence-corrected chi connectivity index (χ0v) is 11.4. The lowest BCUT2D eigenvalue weighted by atomic mass is 10.2. The van der Waals surface area contributed by atoms with Crippen molar-refractivity contribution in [2.45, 2.75) is 4.90 Å². The molecular weight excluding hydrogens is 296 g/mol. The Bertz CT molecular complexity index is 755. The minimum absolute atomic E-state index is 0.215. The zero-order valence-electron chi connectivity index (χ0n) is 10.5. The summed E-state index contributed by atoms with van der Waals surface area (Å²) in [5.74, 6) is 0. The molecule has 0 N–H and O–H groups in total. The van der Waals surface area contributed by atoms with Gasteiger partial charge in [0.05, 0.1) is 4.92 Å². The summed E-state index contributed by atoms with van der Waals surface area (Å²) in [5.41, 5.74) is 0.338. The third kappa shape index (κ3) is 3.86. The third-order valence-electron chi connectivity index (χ3n) is 2.42. The summed E-state index contributed by atoms with van der Waals surface area (Å²) in [6, 6.07) is 12.9. The van der Waals surface area contributed by atoms with Crippen LogP contribution in [0.2, 0.25) is 0 Å². The van der Waals surface area contributed by atoms with Gasteiger partial charge in [0.2, 0.25) is 0 Å². The van der Waals surface area contributed by atoms with E-state index in [1.165, 1.54) is 0 Å². The number of hydrogen-bond donors (Lipinski definition) is 0. The van der Waals surface area contributed by atoms with Crippen molar-refractivity contribution in [1.82, 2.24) is 0 Å². The van der Waals surface area contributed by atoms with Crippen LogP contribution in [0.25, 0.3) is 0 Å². The largest absolute Gasteiger partial charge is 0.358 e. The molecule has 0 atom stereocenters. The molecule has 0 heterocycles. The molecule has 2 aromatic carbocycles. The molecule has 0 spiro atoms. The van der Waals surface area contributed by atoms with Gasteiger partial charge in [-0.05, 0) is 12.1 Å². The van der Waals surface area contributed by atoms with E-state index in [4.69, 9.17) is 0 Å². The van der Waals surface area contributed by atoms with E-state index >= 15 is 0 Å². The first kappa shape index (κ1) is 14.7. The number of non-ortho nitro benzene ring substituents is 1. The van der Waals surface area contributed by atoms with Crippen molar-refractivity contribution < 1.29 is 17.6 Å². The Morgan fingerprint density at radius 3 is 2.24 bits per heavy atom. The van der Waals surface area contributed by atoms with Gasteiger partial charge in [-0.25, -0.2) is 0 Å². The predicted octanol–water partition coefficient (Wildman–Crippen LogP) is 2.21. The smallest absolute Gasteiger partial charge is 0.264 e. The van der Waals surface area contributed by atoms with Crippen molar-refractivity contribution in [2.24, 2.45) is 5.16 Å². The quantitative estimate of drug-likeness (QED) is 0.479. The van der Waals surface area contributed by atoms with Crippen molar-refractivity contribution in [3.8, 4) is 0 Å². The lowest BCUT2D eigenvalue weighted by molar-refractivity contribution is -0.384. The molecule has 0 aliphatic heterocycles. The van der Waals surface area contributed by atoms with E-state index < -0.39 is 15.0 Å². The molecular formula is C13H9N2O5S. The summed E-state index contributed by atoms with van der Waals surface area (Å²) in [6.45, 7) is 0. The van der Waals surface area contributed by atoms with Crippen LogP contribution in [0.4, 0.5) is 5.69 Å². The molecule has 2 rings (SSSR count). The van der Waals surface area contributed by atoms with Crippen LogP contribution in [0.1, 0.15) is 5.56 Å². The highest BCUT2D eigenvalue weighted by atomic mass is 32.2. The van der Waals surface area contributed by atoms with Gasteiger partial charge in [-0.1, -0.05) is 35.5 Å². The van der Waals surface area contributed by atoms with Gasteiger partial charge in [-0.2, -0.15) is 8.42 Å². The van der Waals surface area contributed by atoms with Gasteiger partial charge < -0.3 is 0 Å². The number of nitro benzene ring substituents is 1. The average Bonchev–Trinajstić information content (AvgIpc) is 2.48. The number of nitrogens with zero attached hydrogens (tertiary/aromatic N) is 2. The lowest BCUT2D eigenvalue weighted by Crippen LogP contribution is -2.03. The molecule has 0 amide bonds. The number of hydrogen-bond acceptors (Lipinski definition) is 6. The number of benzene rings is 2. The Kier molecular flexibility index (Phi) is 4.29. The SMILES string of the molecule is O=[N+]([O-])c1ccc(S(=O)(=O)O/N=[C]/c2ccccc2)cc1. The van der Waals surface area contributed by atoms with E-state index in [1.807, 2.05) is 0 Å². The minimum atomic E-state index is -4.12. The van der Waals surface area contributed by atoms with Crippen LogP contribution in [-0.2, 0) is 14.4 Å². The van der Waals surface area contributed by atoms with Gasteiger partial charge in [0.15, 0.2) is 0 Å². The molecule has 0 saturated heterocycles. The topological polar surface area (TPSA) is 98.9 Å². The van der Waals surface area contributed by atoms with Crippen molar-refractivity contribution in [2.75, 3.05) is 0 Å². The van der Waals surface area contributed by atoms with Crippen LogP contribution >= 0.6 is 0 Å². The van der Waals surface area contributed by atoms with Crippen molar-refractivity contribution >= 4 is 22.0 Å². The molecule has 0 aromatic heterocycles. The summed E-state index contributed by atoms with van der Waals surface area (Å²) in [7, 11) is -4.12. The summed E-state index contributed by atoms with van der Waals surface area (Å²) < 4.78 is 28.0. The molecule has 2 aromatic rings. The standard InChI is InChI=1S/C13H9N2O5S/c16-15(17)12-6-8-13(9-7-12)21(18,19)20-14-10-11-4-2-1-3-5-11/h1-9H. The molecule has 0 bridgehead atoms. The van der Waals surface area contributed by atoms with E-state index in [-0.39, 0.29) is 10.6 Å². The summed E-state index contributed by atoms with van der Waals surface area (Å²) in [5, 5.41) is 13.8. The maximum absolute atomic E-state index is 11.8. The van der Waals surface area contributed by atoms with Gasteiger partial charge in [-0.15, -0.1) is 0 Å². The van der Waals surface area contributed by atoms with Crippen molar-refractivity contribution in [3.63, 3.8) is 0 Å². The minimum Gasteiger partial charge on any atom is -0.264 e. The van der Waals surface area contributed by atoms with Gasteiger partial charge in [0.25, 0.3) is 5.69 Å². The highest BCUT2D eigenvalue weighted by Crippen LogP contribution is 2.17. The van der Waals surface area contributed by atoms with Gasteiger partial charge in [-0.3, -0.25) is 14.4 Å². The monoisotopic (exact) mass is 305 g/mol. The Hall–Kier alpha value is -2.74. The van der Waals surface area contributed by atoms with Crippen LogP contribution in [-0.4, -0.2) is 19.6 Å². The van der Waals surface area contributed by atoms with E-state index in [0.717, 1.165) is 24.3 Å². The average molecular weight is 305 g/mol. The first-order valence-corrected chi connectivity index (χ1v) is 7.09. The maximum Gasteiger partial charge on any atom is 0.358 e. The van der Waals surface area contributed by atoms with Crippen LogP contribution in [0, 0.1) is 10.1 Å². The fourth-order valence-corrected chi connectivity index (χ4v) is 2.10. The molecule has 1 radical (unpaired) electrons. The number of rotatable bonds is 5. The zero-order chi connectivity index (χ0) is 15.3. The van der Waals surface area contributed by atoms with Gasteiger partial charge >= 0.3 is 10.1 Å². The van der Waals surface area contributed by atoms with Crippen LogP contribution in [0.15, 0.2) is 64.6 Å². The summed E-state index contributed by atoms with van der Waals surface area (Å²) in [4.78, 5) is 9.63. The van der Waals surface area contributed by atoms with E-state index in [0.29, 0.717) is 5.56 Å². The summed E-state index contributed by atoms with van der Waals surface area (Å²) in [6.07, 6.45) is 2.42. The first-order valence-electron chi connectivity index (χ1n) is 5.68. The van der Waals surface area contributed by atoms with E-state index in [2.05, 4.69) is 15.7 Å². The normalized spacial score (nSPS) is 11.4. The molecule has 8 heteroatoms. The van der Waals surface area contributed by atoms with Crippen molar-refractivity contribution in [3.05, 3.63) is 70.3 Å². The molecule has 0 aliphatic carbocycles. The van der Waals surface area contributed by atoms with E-state index in [1.54, 1.807) is 30.3 Å². The second kappa shape index (κ2) is 6.14. The second-order valence-corrected chi connectivity index (χ2v) is 5.38.